The van der Waals surface area contributed by atoms with E-state index in [0.717, 1.165) is 15.1 Å². The molecule has 0 bridgehead atoms. The van der Waals surface area contributed by atoms with Crippen molar-refractivity contribution < 1.29 is 9.53 Å². The molecule has 21 heavy (non-hydrogen) atoms. The van der Waals surface area contributed by atoms with Gasteiger partial charge in [0, 0.05) is 18.5 Å². The van der Waals surface area contributed by atoms with Crippen LogP contribution in [0.3, 0.4) is 0 Å². The molecule has 1 aliphatic heterocycles. The smallest absolute Gasteiger partial charge is 0.244 e. The zero-order valence-corrected chi connectivity index (χ0v) is 13.3. The number of carbonyl (C=O) groups is 1. The van der Waals surface area contributed by atoms with Gasteiger partial charge in [0.2, 0.25) is 11.2 Å². The van der Waals surface area contributed by atoms with E-state index in [4.69, 9.17) is 16.3 Å². The highest BCUT2D eigenvalue weighted by molar-refractivity contribution is 7.18. The second-order valence-electron chi connectivity index (χ2n) is 4.79. The lowest BCUT2D eigenvalue weighted by Crippen LogP contribution is -2.53. The largest absolute Gasteiger partial charge is 0.377 e. The van der Waals surface area contributed by atoms with Crippen LogP contribution in [0.4, 0.5) is 5.82 Å². The molecule has 2 aromatic rings. The van der Waals surface area contributed by atoms with Gasteiger partial charge in [-0.1, -0.05) is 0 Å². The van der Waals surface area contributed by atoms with Crippen LogP contribution in [0, 0.1) is 6.92 Å². The lowest BCUT2D eigenvalue weighted by atomic mass is 10.2. The molecule has 2 aromatic heterocycles. The summed E-state index contributed by atoms with van der Waals surface area (Å²) in [5.74, 6) is 0.607. The van der Waals surface area contributed by atoms with E-state index in [1.807, 2.05) is 17.9 Å². The summed E-state index contributed by atoms with van der Waals surface area (Å²) in [6.07, 6.45) is 0. The summed E-state index contributed by atoms with van der Waals surface area (Å²) in [6.45, 7) is 3.50. The fourth-order valence-corrected chi connectivity index (χ4v) is 3.55. The molecule has 6 nitrogen and oxygen atoms in total. The maximum absolute atomic E-state index is 12.1. The molecule has 1 amide bonds. The van der Waals surface area contributed by atoms with Crippen molar-refractivity contribution in [3.8, 4) is 0 Å². The molecule has 0 spiro atoms. The van der Waals surface area contributed by atoms with E-state index in [9.17, 15) is 4.79 Å². The molecule has 1 unspecified atom stereocenters. The minimum atomic E-state index is -0.405. The molecule has 0 radical (unpaired) electrons. The molecule has 0 aliphatic carbocycles. The van der Waals surface area contributed by atoms with Gasteiger partial charge >= 0.3 is 0 Å². The predicted octanol–water partition coefficient (Wildman–Crippen LogP) is 1.60. The molecule has 0 saturated carbocycles. The zero-order chi connectivity index (χ0) is 15.0. The van der Waals surface area contributed by atoms with Crippen molar-refractivity contribution in [1.29, 1.82) is 0 Å². The fraction of sp³-hybridized carbons (Fsp3) is 0.462. The number of morpholine rings is 1. The van der Waals surface area contributed by atoms with Gasteiger partial charge in [0.05, 0.1) is 18.6 Å². The molecule has 1 aliphatic rings. The first-order chi connectivity index (χ1) is 10.1. The topological polar surface area (TPSA) is 67.3 Å². The summed E-state index contributed by atoms with van der Waals surface area (Å²) in [5.41, 5.74) is 0. The Morgan fingerprint density at radius 1 is 1.57 bits per heavy atom. The number of carbonyl (C=O) groups excluding carboxylic acids is 1. The molecule has 8 heteroatoms. The normalized spacial score (nSPS) is 19.0. The molecule has 1 fully saturated rings. The number of nitrogens with zero attached hydrogens (tertiary/aromatic N) is 3. The fourth-order valence-electron chi connectivity index (χ4n) is 2.46. The monoisotopic (exact) mass is 326 g/mol. The quantitative estimate of drug-likeness (QED) is 0.849. The van der Waals surface area contributed by atoms with Gasteiger partial charge in [-0.2, -0.15) is 4.98 Å². The van der Waals surface area contributed by atoms with Crippen LogP contribution < -0.4 is 10.2 Å². The van der Waals surface area contributed by atoms with Crippen molar-refractivity contribution in [3.05, 3.63) is 16.2 Å². The SMILES string of the molecule is CNC(=O)C1COCCN1c1nc(Cl)nc2sc(C)cc12. The number of nitrogens with one attached hydrogen (secondary N) is 1. The van der Waals surface area contributed by atoms with Crippen LogP contribution in [0.1, 0.15) is 4.88 Å². The van der Waals surface area contributed by atoms with Gasteiger partial charge < -0.3 is 15.0 Å². The average Bonchev–Trinajstić information content (AvgIpc) is 2.85. The summed E-state index contributed by atoms with van der Waals surface area (Å²) in [5, 5.41) is 3.79. The van der Waals surface area contributed by atoms with Gasteiger partial charge in [-0.05, 0) is 24.6 Å². The Labute approximate surface area is 131 Å². The van der Waals surface area contributed by atoms with E-state index >= 15 is 0 Å². The molecule has 3 heterocycles. The summed E-state index contributed by atoms with van der Waals surface area (Å²) < 4.78 is 5.43. The molecular formula is C13H15ClN4O2S. The lowest BCUT2D eigenvalue weighted by Gasteiger charge is -2.35. The molecule has 3 rings (SSSR count). The van der Waals surface area contributed by atoms with E-state index in [2.05, 4.69) is 15.3 Å². The van der Waals surface area contributed by atoms with Crippen molar-refractivity contribution in [2.75, 3.05) is 31.7 Å². The predicted molar refractivity (Wildman–Crippen MR) is 83.2 cm³/mol. The van der Waals surface area contributed by atoms with Crippen molar-refractivity contribution in [1.82, 2.24) is 15.3 Å². The van der Waals surface area contributed by atoms with Gasteiger partial charge in [0.15, 0.2) is 0 Å². The Bertz CT molecular complexity index is 690. The highest BCUT2D eigenvalue weighted by Crippen LogP contribution is 2.33. The van der Waals surface area contributed by atoms with Crippen LogP contribution in [0.25, 0.3) is 10.2 Å². The van der Waals surface area contributed by atoms with E-state index in [-0.39, 0.29) is 11.2 Å². The van der Waals surface area contributed by atoms with E-state index in [1.165, 1.54) is 0 Å². The Kier molecular flexibility index (Phi) is 3.97. The standard InChI is InChI=1S/C13H15ClN4O2S/c1-7-5-8-10(16-13(14)17-12(8)21-7)18-3-4-20-6-9(18)11(19)15-2/h5,9H,3-4,6H2,1-2H3,(H,15,19). The van der Waals surface area contributed by atoms with E-state index in [1.54, 1.807) is 18.4 Å². The Hall–Kier alpha value is -1.44. The number of likely N-dealkylation sites (N-methyl/N-ethyl adjacent to an activating group) is 1. The molecule has 1 saturated heterocycles. The van der Waals surface area contributed by atoms with Crippen molar-refractivity contribution in [3.63, 3.8) is 0 Å². The molecule has 0 aromatic carbocycles. The second kappa shape index (κ2) is 5.75. The molecule has 1 N–H and O–H groups in total. The van der Waals surface area contributed by atoms with Crippen molar-refractivity contribution in [2.24, 2.45) is 0 Å². The highest BCUT2D eigenvalue weighted by Gasteiger charge is 2.31. The van der Waals surface area contributed by atoms with Crippen LogP contribution >= 0.6 is 22.9 Å². The minimum Gasteiger partial charge on any atom is -0.377 e. The molecule has 1 atom stereocenters. The number of aromatic nitrogens is 2. The lowest BCUT2D eigenvalue weighted by molar-refractivity contribution is -0.124. The van der Waals surface area contributed by atoms with Gasteiger partial charge in [-0.3, -0.25) is 4.79 Å². The van der Waals surface area contributed by atoms with Gasteiger partial charge in [0.1, 0.15) is 16.7 Å². The first-order valence-electron chi connectivity index (χ1n) is 6.60. The number of anilines is 1. The summed E-state index contributed by atoms with van der Waals surface area (Å²) >= 11 is 7.61. The number of rotatable bonds is 2. The maximum Gasteiger partial charge on any atom is 0.244 e. The van der Waals surface area contributed by atoms with Crippen molar-refractivity contribution in [2.45, 2.75) is 13.0 Å². The summed E-state index contributed by atoms with van der Waals surface area (Å²) in [4.78, 5) is 24.6. The van der Waals surface area contributed by atoms with Gasteiger partial charge in [-0.15, -0.1) is 11.3 Å². The van der Waals surface area contributed by atoms with Crippen LogP contribution in [0.15, 0.2) is 6.07 Å². The van der Waals surface area contributed by atoms with Crippen LogP contribution in [0.5, 0.6) is 0 Å². The van der Waals surface area contributed by atoms with Crippen LogP contribution in [0.2, 0.25) is 5.28 Å². The Morgan fingerprint density at radius 2 is 2.38 bits per heavy atom. The maximum atomic E-state index is 12.1. The number of halogens is 1. The summed E-state index contributed by atoms with van der Waals surface area (Å²) in [6, 6.07) is 1.63. The van der Waals surface area contributed by atoms with Gasteiger partial charge in [0.25, 0.3) is 0 Å². The third kappa shape index (κ3) is 2.68. The number of fused-ring (bicyclic) bond motifs is 1. The van der Waals surface area contributed by atoms with Crippen molar-refractivity contribution >= 4 is 44.9 Å². The number of thiophene rings is 1. The van der Waals surface area contributed by atoms with E-state index < -0.39 is 6.04 Å². The minimum absolute atomic E-state index is 0.0930. The van der Waals surface area contributed by atoms with E-state index in [0.29, 0.717) is 25.6 Å². The molecular weight excluding hydrogens is 312 g/mol. The second-order valence-corrected chi connectivity index (χ2v) is 6.36. The number of hydrogen-bond acceptors (Lipinski definition) is 6. The number of aryl methyl sites for hydroxylation is 1. The first-order valence-corrected chi connectivity index (χ1v) is 7.79. The average molecular weight is 327 g/mol. The van der Waals surface area contributed by atoms with Gasteiger partial charge in [-0.25, -0.2) is 4.98 Å². The first kappa shape index (κ1) is 14.5. The summed E-state index contributed by atoms with van der Waals surface area (Å²) in [7, 11) is 1.62. The van der Waals surface area contributed by atoms with Crippen LogP contribution in [-0.2, 0) is 9.53 Å². The highest BCUT2D eigenvalue weighted by atomic mass is 35.5. The number of hydrogen-bond donors (Lipinski definition) is 1. The van der Waals surface area contributed by atoms with Crippen LogP contribution in [-0.4, -0.2) is 48.7 Å². The number of ether oxygens (including phenoxy) is 1. The zero-order valence-electron chi connectivity index (χ0n) is 11.7. The molecule has 112 valence electrons. The third-order valence-corrected chi connectivity index (χ3v) is 4.53. The Morgan fingerprint density at radius 3 is 3.14 bits per heavy atom. The Balaban J connectivity index is 2.10. The number of amides is 1. The third-order valence-electron chi connectivity index (χ3n) is 3.42.